The van der Waals surface area contributed by atoms with Gasteiger partial charge in [0, 0.05) is 42.6 Å². The van der Waals surface area contributed by atoms with Crippen LogP contribution in [-0.2, 0) is 0 Å². The highest BCUT2D eigenvalue weighted by atomic mass is 32.1. The highest BCUT2D eigenvalue weighted by Crippen LogP contribution is 2.47. The molecule has 234 valence electrons. The molecule has 2 heterocycles. The summed E-state index contributed by atoms with van der Waals surface area (Å²) in [4.78, 5) is 10.2. The summed E-state index contributed by atoms with van der Waals surface area (Å²) in [5, 5.41) is 7.86. The van der Waals surface area contributed by atoms with Gasteiger partial charge >= 0.3 is 0 Å². The first-order valence-electron chi connectivity index (χ1n) is 16.8. The molecule has 0 aliphatic rings. The third-order valence-corrected chi connectivity index (χ3v) is 10.8. The molecule has 3 nitrogen and oxygen atoms in total. The van der Waals surface area contributed by atoms with E-state index in [1.165, 1.54) is 47.3 Å². The second kappa shape index (κ2) is 11.4. The van der Waals surface area contributed by atoms with Crippen LogP contribution in [0.3, 0.4) is 0 Å². The molecule has 0 atom stereocenters. The SMILES string of the molecule is Nc1cc(-c2cc3sc4cccc5c6ccccc6c(c2)c3c45)cc(-c2cc(-c3cccc(-c4ccccc4)c3)nc(-c3ccccc3)n2)c1. The minimum absolute atomic E-state index is 0.677. The Hall–Kier alpha value is -6.36. The third kappa shape index (κ3) is 4.73. The van der Waals surface area contributed by atoms with E-state index in [0.717, 1.165) is 44.8 Å². The minimum Gasteiger partial charge on any atom is -0.399 e. The zero-order chi connectivity index (χ0) is 33.2. The van der Waals surface area contributed by atoms with Gasteiger partial charge in [-0.2, -0.15) is 0 Å². The standard InChI is InChI=1S/C46H29N3S/c47-35-23-32(33-25-39-37-18-8-7-17-36(37)38-19-10-20-42-44(38)45(39)43(26-33)50-42)22-34(24-35)41-27-40(48-46(49-41)29-13-5-2-6-14-29)31-16-9-15-30(21-31)28-11-3-1-4-12-28/h1-27H,47H2. The first kappa shape index (κ1) is 28.6. The number of nitrogens with zero attached hydrogens (tertiary/aromatic N) is 2. The van der Waals surface area contributed by atoms with Crippen molar-refractivity contribution in [2.24, 2.45) is 0 Å². The Kier molecular flexibility index (Phi) is 6.51. The number of fused-ring (bicyclic) bond motifs is 3. The highest BCUT2D eigenvalue weighted by molar-refractivity contribution is 7.26. The Morgan fingerprint density at radius 3 is 1.72 bits per heavy atom. The van der Waals surface area contributed by atoms with Crippen molar-refractivity contribution >= 4 is 58.7 Å². The molecular formula is C46H29N3S. The molecule has 0 radical (unpaired) electrons. The number of benzene rings is 8. The van der Waals surface area contributed by atoms with Gasteiger partial charge in [-0.25, -0.2) is 9.97 Å². The molecule has 0 saturated carbocycles. The van der Waals surface area contributed by atoms with E-state index in [9.17, 15) is 0 Å². The first-order chi connectivity index (χ1) is 24.7. The monoisotopic (exact) mass is 655 g/mol. The van der Waals surface area contributed by atoms with Crippen LogP contribution in [0.15, 0.2) is 164 Å². The molecule has 0 bridgehead atoms. The van der Waals surface area contributed by atoms with Gasteiger partial charge < -0.3 is 5.73 Å². The molecule has 10 aromatic rings. The summed E-state index contributed by atoms with van der Waals surface area (Å²) in [6, 6.07) is 57.7. The third-order valence-electron chi connectivity index (χ3n) is 9.71. The summed E-state index contributed by atoms with van der Waals surface area (Å²) >= 11 is 1.86. The van der Waals surface area contributed by atoms with Crippen LogP contribution in [-0.4, -0.2) is 9.97 Å². The molecule has 2 N–H and O–H groups in total. The molecular weight excluding hydrogens is 627 g/mol. The Morgan fingerprint density at radius 2 is 0.920 bits per heavy atom. The van der Waals surface area contributed by atoms with Crippen molar-refractivity contribution in [3.05, 3.63) is 164 Å². The van der Waals surface area contributed by atoms with E-state index in [0.29, 0.717) is 11.5 Å². The van der Waals surface area contributed by atoms with Crippen molar-refractivity contribution in [1.29, 1.82) is 0 Å². The molecule has 0 saturated heterocycles. The van der Waals surface area contributed by atoms with E-state index in [2.05, 4.69) is 133 Å². The quantitative estimate of drug-likeness (QED) is 0.148. The average molecular weight is 656 g/mol. The Bertz CT molecular complexity index is 2870. The van der Waals surface area contributed by atoms with Gasteiger partial charge in [-0.05, 0) is 92.3 Å². The normalized spacial score (nSPS) is 11.7. The number of hydrogen-bond acceptors (Lipinski definition) is 4. The predicted molar refractivity (Wildman–Crippen MR) is 213 cm³/mol. The van der Waals surface area contributed by atoms with Crippen molar-refractivity contribution in [1.82, 2.24) is 9.97 Å². The molecule has 50 heavy (non-hydrogen) atoms. The number of nitrogens with two attached hydrogens (primary N) is 1. The highest BCUT2D eigenvalue weighted by Gasteiger charge is 2.18. The van der Waals surface area contributed by atoms with Gasteiger partial charge in [-0.15, -0.1) is 11.3 Å². The lowest BCUT2D eigenvalue weighted by Crippen LogP contribution is -1.97. The van der Waals surface area contributed by atoms with Gasteiger partial charge in [0.2, 0.25) is 0 Å². The molecule has 0 fully saturated rings. The smallest absolute Gasteiger partial charge is 0.160 e. The Morgan fingerprint density at radius 1 is 0.360 bits per heavy atom. The van der Waals surface area contributed by atoms with E-state index < -0.39 is 0 Å². The molecule has 0 amide bonds. The molecule has 0 spiro atoms. The number of aromatic nitrogens is 2. The lowest BCUT2D eigenvalue weighted by atomic mass is 9.91. The maximum Gasteiger partial charge on any atom is 0.160 e. The largest absolute Gasteiger partial charge is 0.399 e. The van der Waals surface area contributed by atoms with E-state index in [1.54, 1.807) is 0 Å². The fourth-order valence-electron chi connectivity index (χ4n) is 7.42. The first-order valence-corrected chi connectivity index (χ1v) is 17.6. The lowest BCUT2D eigenvalue weighted by Gasteiger charge is -2.13. The lowest BCUT2D eigenvalue weighted by molar-refractivity contribution is 1.18. The molecule has 0 aliphatic heterocycles. The second-order valence-electron chi connectivity index (χ2n) is 12.8. The maximum absolute atomic E-state index is 6.71. The van der Waals surface area contributed by atoms with Crippen LogP contribution in [0.5, 0.6) is 0 Å². The predicted octanol–water partition coefficient (Wildman–Crippen LogP) is 12.5. The van der Waals surface area contributed by atoms with Gasteiger partial charge in [0.05, 0.1) is 11.4 Å². The molecule has 0 unspecified atom stereocenters. The van der Waals surface area contributed by atoms with E-state index in [-0.39, 0.29) is 0 Å². The molecule has 4 heteroatoms. The van der Waals surface area contributed by atoms with E-state index >= 15 is 0 Å². The van der Waals surface area contributed by atoms with Crippen LogP contribution in [0.4, 0.5) is 5.69 Å². The van der Waals surface area contributed by atoms with Gasteiger partial charge in [0.1, 0.15) is 0 Å². The van der Waals surface area contributed by atoms with Crippen molar-refractivity contribution in [2.45, 2.75) is 0 Å². The van der Waals surface area contributed by atoms with Gasteiger partial charge in [-0.1, -0.05) is 115 Å². The topological polar surface area (TPSA) is 51.8 Å². The molecule has 10 rings (SSSR count). The van der Waals surface area contributed by atoms with Crippen molar-refractivity contribution in [3.8, 4) is 56.2 Å². The Labute approximate surface area is 293 Å². The van der Waals surface area contributed by atoms with Crippen LogP contribution < -0.4 is 5.73 Å². The molecule has 0 aliphatic carbocycles. The van der Waals surface area contributed by atoms with Crippen LogP contribution in [0.2, 0.25) is 0 Å². The number of anilines is 1. The van der Waals surface area contributed by atoms with Crippen LogP contribution in [0.1, 0.15) is 0 Å². The van der Waals surface area contributed by atoms with Gasteiger partial charge in [0.15, 0.2) is 5.82 Å². The fourth-order valence-corrected chi connectivity index (χ4v) is 8.61. The van der Waals surface area contributed by atoms with E-state index in [1.807, 2.05) is 41.7 Å². The zero-order valence-electron chi connectivity index (χ0n) is 27.0. The zero-order valence-corrected chi connectivity index (χ0v) is 27.8. The van der Waals surface area contributed by atoms with Crippen molar-refractivity contribution < 1.29 is 0 Å². The summed E-state index contributed by atoms with van der Waals surface area (Å²) in [5.74, 6) is 0.677. The number of rotatable bonds is 5. The summed E-state index contributed by atoms with van der Waals surface area (Å²) in [6.45, 7) is 0. The van der Waals surface area contributed by atoms with Crippen LogP contribution in [0, 0.1) is 0 Å². The second-order valence-corrected chi connectivity index (χ2v) is 13.9. The molecule has 8 aromatic carbocycles. The minimum atomic E-state index is 0.677. The molecule has 2 aromatic heterocycles. The summed E-state index contributed by atoms with van der Waals surface area (Å²) in [6.07, 6.45) is 0. The van der Waals surface area contributed by atoms with Gasteiger partial charge in [-0.3, -0.25) is 0 Å². The van der Waals surface area contributed by atoms with Crippen LogP contribution >= 0.6 is 11.3 Å². The number of hydrogen-bond donors (Lipinski definition) is 1. The summed E-state index contributed by atoms with van der Waals surface area (Å²) in [5.41, 5.74) is 16.5. The maximum atomic E-state index is 6.71. The number of nitrogen functional groups attached to an aromatic ring is 1. The number of thiophene rings is 1. The average Bonchev–Trinajstić information content (AvgIpc) is 3.57. The van der Waals surface area contributed by atoms with Crippen molar-refractivity contribution in [3.63, 3.8) is 0 Å². The fraction of sp³-hybridized carbons (Fsp3) is 0. The van der Waals surface area contributed by atoms with Gasteiger partial charge in [0.25, 0.3) is 0 Å². The van der Waals surface area contributed by atoms with Crippen LogP contribution in [0.25, 0.3) is 97.9 Å². The Balaban J connectivity index is 1.16. The summed E-state index contributed by atoms with van der Waals surface area (Å²) in [7, 11) is 0. The summed E-state index contributed by atoms with van der Waals surface area (Å²) < 4.78 is 2.60. The van der Waals surface area contributed by atoms with E-state index in [4.69, 9.17) is 15.7 Å². The van der Waals surface area contributed by atoms with Crippen molar-refractivity contribution in [2.75, 3.05) is 5.73 Å².